The van der Waals surface area contributed by atoms with Gasteiger partial charge < -0.3 is 4.74 Å². The highest BCUT2D eigenvalue weighted by molar-refractivity contribution is 5.93. The molecule has 3 heteroatoms. The zero-order valence-corrected chi connectivity index (χ0v) is 13.1. The highest BCUT2D eigenvalue weighted by Gasteiger charge is 2.27. The van der Waals surface area contributed by atoms with E-state index in [4.69, 9.17) is 4.74 Å². The molecule has 0 aliphatic heterocycles. The van der Waals surface area contributed by atoms with Crippen LogP contribution >= 0.6 is 0 Å². The number of allylic oxidation sites excluding steroid dienone is 3. The highest BCUT2D eigenvalue weighted by atomic mass is 16.5. The van der Waals surface area contributed by atoms with Crippen LogP contribution in [0.3, 0.4) is 0 Å². The molecule has 0 spiro atoms. The van der Waals surface area contributed by atoms with Gasteiger partial charge in [-0.1, -0.05) is 18.6 Å². The fourth-order valence-corrected chi connectivity index (χ4v) is 2.57. The normalized spacial score (nSPS) is 20.1. The van der Waals surface area contributed by atoms with Crippen LogP contribution in [0.15, 0.2) is 23.3 Å². The van der Waals surface area contributed by atoms with Gasteiger partial charge in [-0.25, -0.2) is 0 Å². The van der Waals surface area contributed by atoms with Gasteiger partial charge in [-0.05, 0) is 57.1 Å². The predicted molar refractivity (Wildman–Crippen MR) is 80.3 cm³/mol. The summed E-state index contributed by atoms with van der Waals surface area (Å²) in [5.74, 6) is 0.435. The summed E-state index contributed by atoms with van der Waals surface area (Å²) < 4.78 is 4.95. The van der Waals surface area contributed by atoms with E-state index in [2.05, 4.69) is 26.8 Å². The third-order valence-corrected chi connectivity index (χ3v) is 3.81. The molecule has 1 rings (SSSR count). The minimum Gasteiger partial charge on any atom is -0.461 e. The van der Waals surface area contributed by atoms with Crippen LogP contribution in [-0.4, -0.2) is 18.4 Å². The van der Waals surface area contributed by atoms with Crippen molar-refractivity contribution < 1.29 is 14.3 Å². The SMILES string of the molecule is CC(=O)OCC1=CC(=O)C(C(C)CCC=C(C)C)CC1. The molecule has 1 aliphatic rings. The number of carbonyl (C=O) groups is 2. The molecular weight excluding hydrogens is 252 g/mol. The number of carbonyl (C=O) groups excluding carboxylic acids is 2. The van der Waals surface area contributed by atoms with Crippen LogP contribution in [0, 0.1) is 11.8 Å². The van der Waals surface area contributed by atoms with Crippen molar-refractivity contribution in [2.75, 3.05) is 6.61 Å². The van der Waals surface area contributed by atoms with E-state index in [1.165, 1.54) is 12.5 Å². The van der Waals surface area contributed by atoms with Crippen LogP contribution in [-0.2, 0) is 14.3 Å². The molecule has 0 bridgehead atoms. The number of hydrogen-bond donors (Lipinski definition) is 0. The molecule has 112 valence electrons. The van der Waals surface area contributed by atoms with Crippen molar-refractivity contribution in [3.8, 4) is 0 Å². The summed E-state index contributed by atoms with van der Waals surface area (Å²) >= 11 is 0. The van der Waals surface area contributed by atoms with Crippen LogP contribution < -0.4 is 0 Å². The molecule has 0 saturated carbocycles. The maximum atomic E-state index is 12.2. The lowest BCUT2D eigenvalue weighted by Crippen LogP contribution is -2.25. The molecule has 0 radical (unpaired) electrons. The zero-order chi connectivity index (χ0) is 15.1. The summed E-state index contributed by atoms with van der Waals surface area (Å²) in [4.78, 5) is 22.9. The van der Waals surface area contributed by atoms with Crippen molar-refractivity contribution in [2.24, 2.45) is 11.8 Å². The van der Waals surface area contributed by atoms with E-state index in [1.54, 1.807) is 6.08 Å². The average molecular weight is 278 g/mol. The number of ketones is 1. The molecule has 0 aromatic heterocycles. The molecule has 0 amide bonds. The Hall–Kier alpha value is -1.38. The Labute approximate surface area is 122 Å². The maximum Gasteiger partial charge on any atom is 0.302 e. The molecule has 1 aliphatic carbocycles. The van der Waals surface area contributed by atoms with Crippen LogP contribution in [0.1, 0.15) is 53.4 Å². The molecular formula is C17H26O3. The fourth-order valence-electron chi connectivity index (χ4n) is 2.57. The smallest absolute Gasteiger partial charge is 0.302 e. The van der Waals surface area contributed by atoms with E-state index in [1.807, 2.05) is 0 Å². The highest BCUT2D eigenvalue weighted by Crippen LogP contribution is 2.29. The van der Waals surface area contributed by atoms with Crippen LogP contribution in [0.25, 0.3) is 0 Å². The monoisotopic (exact) mass is 278 g/mol. The zero-order valence-electron chi connectivity index (χ0n) is 13.1. The molecule has 0 N–H and O–H groups in total. The van der Waals surface area contributed by atoms with Gasteiger partial charge in [-0.15, -0.1) is 0 Å². The molecule has 0 fully saturated rings. The quantitative estimate of drug-likeness (QED) is 0.547. The van der Waals surface area contributed by atoms with Gasteiger partial charge in [0, 0.05) is 12.8 Å². The Balaban J connectivity index is 2.48. The topological polar surface area (TPSA) is 43.4 Å². The maximum absolute atomic E-state index is 12.2. The second kappa shape index (κ2) is 8.03. The third-order valence-electron chi connectivity index (χ3n) is 3.81. The molecule has 20 heavy (non-hydrogen) atoms. The molecule has 0 heterocycles. The molecule has 3 nitrogen and oxygen atoms in total. The first-order valence-corrected chi connectivity index (χ1v) is 7.40. The van der Waals surface area contributed by atoms with E-state index in [0.717, 1.165) is 31.3 Å². The lowest BCUT2D eigenvalue weighted by atomic mass is 9.79. The van der Waals surface area contributed by atoms with Crippen molar-refractivity contribution in [1.29, 1.82) is 0 Å². The van der Waals surface area contributed by atoms with Crippen molar-refractivity contribution in [3.05, 3.63) is 23.3 Å². The van der Waals surface area contributed by atoms with Crippen molar-refractivity contribution in [3.63, 3.8) is 0 Å². The van der Waals surface area contributed by atoms with E-state index < -0.39 is 0 Å². The van der Waals surface area contributed by atoms with Gasteiger partial charge in [0.25, 0.3) is 0 Å². The van der Waals surface area contributed by atoms with Gasteiger partial charge in [0.05, 0.1) is 0 Å². The summed E-state index contributed by atoms with van der Waals surface area (Å²) in [5.41, 5.74) is 2.27. The van der Waals surface area contributed by atoms with Crippen molar-refractivity contribution >= 4 is 11.8 Å². The standard InChI is InChI=1S/C17H26O3/c1-12(2)6-5-7-13(3)16-9-8-15(10-17(16)19)11-20-14(4)18/h6,10,13,16H,5,7-9,11H2,1-4H3. The fraction of sp³-hybridized carbons (Fsp3) is 0.647. The van der Waals surface area contributed by atoms with Crippen LogP contribution in [0.2, 0.25) is 0 Å². The van der Waals surface area contributed by atoms with E-state index >= 15 is 0 Å². The first kappa shape index (κ1) is 16.7. The summed E-state index contributed by atoms with van der Waals surface area (Å²) in [6.45, 7) is 8.01. The lowest BCUT2D eigenvalue weighted by Gasteiger charge is -2.25. The van der Waals surface area contributed by atoms with Gasteiger partial charge in [-0.2, -0.15) is 0 Å². The molecule has 0 saturated heterocycles. The van der Waals surface area contributed by atoms with Gasteiger partial charge >= 0.3 is 5.97 Å². The van der Waals surface area contributed by atoms with Gasteiger partial charge in [0.15, 0.2) is 5.78 Å². The van der Waals surface area contributed by atoms with Crippen LogP contribution in [0.4, 0.5) is 0 Å². The van der Waals surface area contributed by atoms with Gasteiger partial charge in [0.1, 0.15) is 6.61 Å². The van der Waals surface area contributed by atoms with Crippen LogP contribution in [0.5, 0.6) is 0 Å². The Bertz CT molecular complexity index is 414. The van der Waals surface area contributed by atoms with Crippen molar-refractivity contribution in [2.45, 2.75) is 53.4 Å². The van der Waals surface area contributed by atoms with Crippen molar-refractivity contribution in [1.82, 2.24) is 0 Å². The number of esters is 1. The van der Waals surface area contributed by atoms with Gasteiger partial charge in [-0.3, -0.25) is 9.59 Å². The predicted octanol–water partition coefficient (Wildman–Crippen LogP) is 3.84. The number of ether oxygens (including phenoxy) is 1. The average Bonchev–Trinajstić information content (AvgIpc) is 2.35. The second-order valence-electron chi connectivity index (χ2n) is 5.97. The Morgan fingerprint density at radius 2 is 2.15 bits per heavy atom. The van der Waals surface area contributed by atoms with E-state index in [9.17, 15) is 9.59 Å². The second-order valence-corrected chi connectivity index (χ2v) is 5.97. The number of hydrogen-bond acceptors (Lipinski definition) is 3. The Kier molecular flexibility index (Phi) is 6.69. The van der Waals surface area contributed by atoms with Gasteiger partial charge in [0.2, 0.25) is 0 Å². The Morgan fingerprint density at radius 3 is 2.70 bits per heavy atom. The summed E-state index contributed by atoms with van der Waals surface area (Å²) in [6, 6.07) is 0. The lowest BCUT2D eigenvalue weighted by molar-refractivity contribution is -0.140. The summed E-state index contributed by atoms with van der Waals surface area (Å²) in [5, 5.41) is 0. The summed E-state index contributed by atoms with van der Waals surface area (Å²) in [6.07, 6.45) is 7.74. The first-order chi connectivity index (χ1) is 9.40. The van der Waals surface area contributed by atoms with E-state index in [0.29, 0.717) is 5.92 Å². The van der Waals surface area contributed by atoms with E-state index in [-0.39, 0.29) is 24.3 Å². The molecule has 0 aromatic carbocycles. The molecule has 2 atom stereocenters. The largest absolute Gasteiger partial charge is 0.461 e. The minimum atomic E-state index is -0.296. The molecule has 2 unspecified atom stereocenters. The summed E-state index contributed by atoms with van der Waals surface area (Å²) in [7, 11) is 0. The Morgan fingerprint density at radius 1 is 1.45 bits per heavy atom. The third kappa shape index (κ3) is 5.72. The minimum absolute atomic E-state index is 0.127. The molecule has 0 aromatic rings. The first-order valence-electron chi connectivity index (χ1n) is 7.40. The number of rotatable bonds is 6.